The first-order chi connectivity index (χ1) is 7.50. The van der Waals surface area contributed by atoms with E-state index in [4.69, 9.17) is 4.74 Å². The zero-order valence-corrected chi connectivity index (χ0v) is 10.8. The summed E-state index contributed by atoms with van der Waals surface area (Å²) < 4.78 is 7.89. The van der Waals surface area contributed by atoms with Crippen molar-refractivity contribution in [3.63, 3.8) is 0 Å². The molecule has 1 atom stereocenters. The van der Waals surface area contributed by atoms with Crippen LogP contribution in [-0.4, -0.2) is 5.10 Å². The maximum Gasteiger partial charge on any atom is 0.202 e. The van der Waals surface area contributed by atoms with E-state index in [0.717, 1.165) is 12.3 Å². The van der Waals surface area contributed by atoms with E-state index in [1.54, 1.807) is 0 Å². The smallest absolute Gasteiger partial charge is 0.202 e. The molecule has 0 spiro atoms. The van der Waals surface area contributed by atoms with Crippen LogP contribution in [0.2, 0.25) is 0 Å². The van der Waals surface area contributed by atoms with Crippen LogP contribution in [0.15, 0.2) is 6.20 Å². The van der Waals surface area contributed by atoms with Crippen LogP contribution in [0.5, 0.6) is 0 Å². The topological polar surface area (TPSA) is 26.0 Å². The summed E-state index contributed by atoms with van der Waals surface area (Å²) in [7, 11) is 0. The van der Waals surface area contributed by atoms with E-state index >= 15 is 0 Å². The third-order valence-electron chi connectivity index (χ3n) is 3.17. The molecule has 1 aliphatic heterocycles. The van der Waals surface area contributed by atoms with Crippen molar-refractivity contribution in [1.29, 1.82) is 0 Å². The van der Waals surface area contributed by atoms with Crippen LogP contribution >= 0.6 is 0 Å². The largest absolute Gasteiger partial charge is 0.368 e. The highest BCUT2D eigenvalue weighted by Crippen LogP contribution is 2.35. The second-order valence-corrected chi connectivity index (χ2v) is 5.20. The molecule has 0 saturated carbocycles. The molecule has 3 nitrogen and oxygen atoms in total. The second-order valence-electron chi connectivity index (χ2n) is 5.20. The van der Waals surface area contributed by atoms with E-state index in [1.165, 1.54) is 11.1 Å². The van der Waals surface area contributed by atoms with Crippen LogP contribution in [0.3, 0.4) is 0 Å². The zero-order chi connectivity index (χ0) is 11.9. The minimum Gasteiger partial charge on any atom is -0.368 e. The molecule has 1 aromatic heterocycles. The quantitative estimate of drug-likeness (QED) is 0.717. The molecule has 0 amide bonds. The lowest BCUT2D eigenvalue weighted by molar-refractivity contribution is -0.772. The highest BCUT2D eigenvalue weighted by atomic mass is 16.5. The Balaban J connectivity index is 2.48. The number of hydrogen-bond donors (Lipinski definition) is 0. The average Bonchev–Trinajstić information content (AvgIpc) is 2.61. The highest BCUT2D eigenvalue weighted by Gasteiger charge is 2.31. The first-order valence-electron chi connectivity index (χ1n) is 6.04. The first-order valence-corrected chi connectivity index (χ1v) is 6.04. The van der Waals surface area contributed by atoms with E-state index in [-0.39, 0.29) is 6.10 Å². The lowest BCUT2D eigenvalue weighted by Gasteiger charge is -2.13. The number of ether oxygens (including phenoxy) is 1. The predicted octanol–water partition coefficient (Wildman–Crippen LogP) is 2.49. The predicted molar refractivity (Wildman–Crippen MR) is 61.9 cm³/mol. The van der Waals surface area contributed by atoms with Gasteiger partial charge in [0.15, 0.2) is 6.04 Å². The fourth-order valence-corrected chi connectivity index (χ4v) is 2.20. The van der Waals surface area contributed by atoms with Crippen molar-refractivity contribution in [3.8, 4) is 0 Å². The number of nitrogens with zero attached hydrogens (tertiary/aromatic N) is 2. The van der Waals surface area contributed by atoms with Crippen LogP contribution in [0.25, 0.3) is 0 Å². The molecule has 0 saturated heterocycles. The van der Waals surface area contributed by atoms with Gasteiger partial charge in [-0.1, -0.05) is 18.5 Å². The van der Waals surface area contributed by atoms with E-state index in [1.807, 2.05) is 4.68 Å². The van der Waals surface area contributed by atoms with Crippen LogP contribution < -0.4 is 4.68 Å². The van der Waals surface area contributed by atoms with Crippen LogP contribution in [-0.2, 0) is 11.3 Å². The molecule has 88 valence electrons. The monoisotopic (exact) mass is 221 g/mol. The van der Waals surface area contributed by atoms with Gasteiger partial charge in [-0.3, -0.25) is 0 Å². The maximum atomic E-state index is 5.85. The number of hydrogen-bond acceptors (Lipinski definition) is 2. The van der Waals surface area contributed by atoms with Gasteiger partial charge >= 0.3 is 0 Å². The molecular formula is C13H21N2O+. The zero-order valence-electron chi connectivity index (χ0n) is 10.8. The van der Waals surface area contributed by atoms with Crippen molar-refractivity contribution < 1.29 is 9.42 Å². The summed E-state index contributed by atoms with van der Waals surface area (Å²) in [4.78, 5) is 0. The number of aromatic nitrogens is 2. The number of fused-ring (bicyclic) bond motifs is 1. The average molecular weight is 221 g/mol. The summed E-state index contributed by atoms with van der Waals surface area (Å²) in [6.45, 7) is 11.5. The summed E-state index contributed by atoms with van der Waals surface area (Å²) >= 11 is 0. The Morgan fingerprint density at radius 2 is 2.06 bits per heavy atom. The molecule has 0 bridgehead atoms. The van der Waals surface area contributed by atoms with Crippen molar-refractivity contribution in [1.82, 2.24) is 5.10 Å². The van der Waals surface area contributed by atoms with Gasteiger partial charge < -0.3 is 4.74 Å². The fourth-order valence-electron chi connectivity index (χ4n) is 2.20. The second kappa shape index (κ2) is 4.13. The normalized spacial score (nSPS) is 19.6. The van der Waals surface area contributed by atoms with Crippen molar-refractivity contribution in [2.75, 3.05) is 0 Å². The molecule has 1 aromatic rings. The summed E-state index contributed by atoms with van der Waals surface area (Å²) in [6, 6.07) is 0.400. The lowest BCUT2D eigenvalue weighted by atomic mass is 9.98. The van der Waals surface area contributed by atoms with E-state index in [0.29, 0.717) is 12.0 Å². The molecule has 2 heterocycles. The van der Waals surface area contributed by atoms with Gasteiger partial charge in [-0.25, -0.2) is 0 Å². The van der Waals surface area contributed by atoms with E-state index < -0.39 is 0 Å². The standard InChI is InChI=1S/C13H21N2O/c1-8(2)13-11-6-15(9(3)4)14-10(5)12(11)7-16-13/h6,8-9,13H,7H2,1-5H3/q+1. The molecule has 2 rings (SSSR count). The number of aryl methyl sites for hydroxylation is 1. The van der Waals surface area contributed by atoms with Gasteiger partial charge in [0.05, 0.1) is 18.3 Å². The summed E-state index contributed by atoms with van der Waals surface area (Å²) in [5, 5.41) is 4.57. The summed E-state index contributed by atoms with van der Waals surface area (Å²) in [5.41, 5.74) is 3.72. The Morgan fingerprint density at radius 1 is 1.38 bits per heavy atom. The molecule has 3 heteroatoms. The Bertz CT molecular complexity index is 399. The maximum absolute atomic E-state index is 5.85. The van der Waals surface area contributed by atoms with Crippen LogP contribution in [0, 0.1) is 12.8 Å². The Kier molecular flexibility index (Phi) is 2.98. The molecule has 1 aliphatic rings. The van der Waals surface area contributed by atoms with Crippen LogP contribution in [0.4, 0.5) is 0 Å². The van der Waals surface area contributed by atoms with E-state index in [9.17, 15) is 0 Å². The van der Waals surface area contributed by atoms with E-state index in [2.05, 4.69) is 45.9 Å². The Hall–Kier alpha value is -0.960. The summed E-state index contributed by atoms with van der Waals surface area (Å²) in [5.74, 6) is 0.517. The Morgan fingerprint density at radius 3 is 2.62 bits per heavy atom. The summed E-state index contributed by atoms with van der Waals surface area (Å²) in [6.07, 6.45) is 2.40. The van der Waals surface area contributed by atoms with Gasteiger partial charge in [-0.05, 0) is 31.8 Å². The fraction of sp³-hybridized carbons (Fsp3) is 0.692. The van der Waals surface area contributed by atoms with Crippen molar-refractivity contribution in [2.45, 2.75) is 53.4 Å². The molecule has 16 heavy (non-hydrogen) atoms. The molecule has 0 fully saturated rings. The first kappa shape index (κ1) is 11.5. The van der Waals surface area contributed by atoms with Gasteiger partial charge in [0, 0.05) is 5.56 Å². The number of rotatable bonds is 2. The van der Waals surface area contributed by atoms with Gasteiger partial charge in [-0.2, -0.15) is 0 Å². The Labute approximate surface area is 97.4 Å². The third-order valence-corrected chi connectivity index (χ3v) is 3.17. The SMILES string of the molecule is Cc1n[n+](C(C)C)cc2c1COC2C(C)C. The molecule has 0 radical (unpaired) electrons. The van der Waals surface area contributed by atoms with Gasteiger partial charge in [0.2, 0.25) is 6.20 Å². The minimum absolute atomic E-state index is 0.238. The molecular weight excluding hydrogens is 200 g/mol. The van der Waals surface area contributed by atoms with Gasteiger partial charge in [-0.15, -0.1) is 0 Å². The molecule has 1 unspecified atom stereocenters. The molecule has 0 N–H and O–H groups in total. The van der Waals surface area contributed by atoms with Crippen molar-refractivity contribution >= 4 is 0 Å². The van der Waals surface area contributed by atoms with Crippen LogP contribution in [0.1, 0.15) is 56.7 Å². The highest BCUT2D eigenvalue weighted by molar-refractivity contribution is 5.30. The van der Waals surface area contributed by atoms with Crippen molar-refractivity contribution in [3.05, 3.63) is 23.0 Å². The van der Waals surface area contributed by atoms with Gasteiger partial charge in [0.25, 0.3) is 0 Å². The lowest BCUT2D eigenvalue weighted by Crippen LogP contribution is -2.41. The van der Waals surface area contributed by atoms with Crippen molar-refractivity contribution in [2.24, 2.45) is 5.92 Å². The van der Waals surface area contributed by atoms with Gasteiger partial charge in [0.1, 0.15) is 5.69 Å². The molecule has 0 aliphatic carbocycles. The molecule has 0 aromatic carbocycles. The third kappa shape index (κ3) is 1.84. The minimum atomic E-state index is 0.238.